The molecule has 0 spiro atoms. The molecule has 0 unspecified atom stereocenters. The van der Waals surface area contributed by atoms with Crippen LogP contribution in [0.1, 0.15) is 0 Å². The molecular weight excluding hydrogens is 280 g/mol. The highest BCUT2D eigenvalue weighted by Gasteiger charge is 2.17. The number of benzene rings is 1. The van der Waals surface area contributed by atoms with E-state index in [1.54, 1.807) is 0 Å². The van der Waals surface area contributed by atoms with Gasteiger partial charge in [-0.1, -0.05) is 15.9 Å². The van der Waals surface area contributed by atoms with Gasteiger partial charge in [-0.3, -0.25) is 5.10 Å². The average Bonchev–Trinajstić information content (AvgIpc) is 2.81. The predicted molar refractivity (Wildman–Crippen MR) is 73.5 cm³/mol. The molecule has 1 aromatic carbocycles. The maximum absolute atomic E-state index is 4.14. The number of piperazine rings is 1. The molecule has 2 heterocycles. The summed E-state index contributed by atoms with van der Waals surface area (Å²) >= 11 is 3.56. The number of rotatable bonds is 1. The number of hydrogen-bond acceptors (Lipinski definition) is 3. The Morgan fingerprint density at radius 3 is 2.76 bits per heavy atom. The second kappa shape index (κ2) is 4.31. The minimum Gasteiger partial charge on any atom is -0.367 e. The molecule has 1 fully saturated rings. The summed E-state index contributed by atoms with van der Waals surface area (Å²) in [5.41, 5.74) is 2.39. The molecule has 90 valence electrons. The third kappa shape index (κ3) is 1.93. The van der Waals surface area contributed by atoms with Gasteiger partial charge in [-0.2, -0.15) is 5.10 Å². The van der Waals surface area contributed by atoms with Crippen LogP contribution >= 0.6 is 15.9 Å². The first-order chi connectivity index (χ1) is 8.25. The van der Waals surface area contributed by atoms with Gasteiger partial charge in [0.05, 0.1) is 17.4 Å². The summed E-state index contributed by atoms with van der Waals surface area (Å²) in [5, 5.41) is 8.40. The number of aromatic nitrogens is 2. The summed E-state index contributed by atoms with van der Waals surface area (Å²) in [6.07, 6.45) is 1.87. The van der Waals surface area contributed by atoms with Gasteiger partial charge >= 0.3 is 0 Å². The van der Waals surface area contributed by atoms with Gasteiger partial charge in [0, 0.05) is 36.0 Å². The zero-order chi connectivity index (χ0) is 11.8. The Morgan fingerprint density at radius 2 is 2.00 bits per heavy atom. The van der Waals surface area contributed by atoms with E-state index in [0.29, 0.717) is 0 Å². The Morgan fingerprint density at radius 1 is 1.24 bits per heavy atom. The number of likely N-dealkylation sites (N-methyl/N-ethyl adjacent to an activating group) is 1. The van der Waals surface area contributed by atoms with Crippen molar-refractivity contribution in [2.24, 2.45) is 0 Å². The number of halogens is 1. The molecule has 0 amide bonds. The van der Waals surface area contributed by atoms with Gasteiger partial charge in [0.2, 0.25) is 0 Å². The van der Waals surface area contributed by atoms with Crippen LogP contribution in [0, 0.1) is 0 Å². The Balaban J connectivity index is 2.00. The fourth-order valence-corrected chi connectivity index (χ4v) is 2.73. The van der Waals surface area contributed by atoms with Crippen molar-refractivity contribution in [3.05, 3.63) is 22.8 Å². The molecule has 0 radical (unpaired) electrons. The van der Waals surface area contributed by atoms with Gasteiger partial charge in [0.15, 0.2) is 0 Å². The topological polar surface area (TPSA) is 35.2 Å². The number of nitrogens with one attached hydrogen (secondary N) is 1. The zero-order valence-electron chi connectivity index (χ0n) is 9.78. The van der Waals surface area contributed by atoms with Crippen LogP contribution in [-0.2, 0) is 0 Å². The molecule has 1 N–H and O–H groups in total. The normalized spacial score (nSPS) is 17.9. The lowest BCUT2D eigenvalue weighted by atomic mass is 10.2. The molecule has 1 saturated heterocycles. The third-order valence-corrected chi connectivity index (χ3v) is 4.08. The fourth-order valence-electron chi connectivity index (χ4n) is 2.30. The van der Waals surface area contributed by atoms with E-state index in [0.717, 1.165) is 41.6 Å². The second-order valence-electron chi connectivity index (χ2n) is 4.52. The maximum Gasteiger partial charge on any atom is 0.0895 e. The molecule has 4 nitrogen and oxygen atoms in total. The van der Waals surface area contributed by atoms with Crippen molar-refractivity contribution in [2.75, 3.05) is 38.1 Å². The van der Waals surface area contributed by atoms with Gasteiger partial charge in [-0.25, -0.2) is 0 Å². The third-order valence-electron chi connectivity index (χ3n) is 3.38. The number of fused-ring (bicyclic) bond motifs is 1. The van der Waals surface area contributed by atoms with Crippen LogP contribution in [0.25, 0.3) is 10.9 Å². The van der Waals surface area contributed by atoms with Gasteiger partial charge in [0.25, 0.3) is 0 Å². The van der Waals surface area contributed by atoms with Crippen molar-refractivity contribution in [3.63, 3.8) is 0 Å². The fraction of sp³-hybridized carbons (Fsp3) is 0.417. The number of hydrogen-bond donors (Lipinski definition) is 1. The number of H-pyrrole nitrogens is 1. The molecule has 1 aliphatic heterocycles. The Labute approximate surface area is 109 Å². The van der Waals surface area contributed by atoms with Crippen LogP contribution in [0.5, 0.6) is 0 Å². The largest absolute Gasteiger partial charge is 0.367 e. The van der Waals surface area contributed by atoms with Crippen molar-refractivity contribution in [1.29, 1.82) is 0 Å². The van der Waals surface area contributed by atoms with Crippen molar-refractivity contribution >= 4 is 32.5 Å². The first-order valence-corrected chi connectivity index (χ1v) is 6.60. The number of aromatic amines is 1. The summed E-state index contributed by atoms with van der Waals surface area (Å²) in [6, 6.07) is 4.27. The molecular formula is C12H15BrN4. The molecule has 0 saturated carbocycles. The Kier molecular flexibility index (Phi) is 2.80. The molecule has 0 atom stereocenters. The SMILES string of the molecule is CN1CCN(c2ccc(Br)c3cn[nH]c23)CC1. The first kappa shape index (κ1) is 11.0. The van der Waals surface area contributed by atoms with Crippen molar-refractivity contribution in [3.8, 4) is 0 Å². The van der Waals surface area contributed by atoms with Gasteiger partial charge in [-0.15, -0.1) is 0 Å². The zero-order valence-corrected chi connectivity index (χ0v) is 11.4. The van der Waals surface area contributed by atoms with E-state index >= 15 is 0 Å². The Bertz CT molecular complexity index is 528. The molecule has 1 aliphatic rings. The monoisotopic (exact) mass is 294 g/mol. The highest BCUT2D eigenvalue weighted by Crippen LogP contribution is 2.31. The number of nitrogens with zero attached hydrogens (tertiary/aromatic N) is 3. The summed E-state index contributed by atoms with van der Waals surface area (Å²) in [6.45, 7) is 4.38. The molecule has 0 aliphatic carbocycles. The summed E-state index contributed by atoms with van der Waals surface area (Å²) in [7, 11) is 2.17. The van der Waals surface area contributed by atoms with Crippen LogP contribution in [0.2, 0.25) is 0 Å². The minimum atomic E-state index is 1.08. The quantitative estimate of drug-likeness (QED) is 0.875. The van der Waals surface area contributed by atoms with E-state index in [2.05, 4.69) is 55.1 Å². The van der Waals surface area contributed by atoms with E-state index in [-0.39, 0.29) is 0 Å². The second-order valence-corrected chi connectivity index (χ2v) is 5.37. The van der Waals surface area contributed by atoms with Crippen LogP contribution in [0.15, 0.2) is 22.8 Å². The minimum absolute atomic E-state index is 1.08. The molecule has 3 rings (SSSR count). The van der Waals surface area contributed by atoms with Crippen LogP contribution in [0.3, 0.4) is 0 Å². The smallest absolute Gasteiger partial charge is 0.0895 e. The maximum atomic E-state index is 4.14. The van der Waals surface area contributed by atoms with Crippen LogP contribution < -0.4 is 4.90 Å². The van der Waals surface area contributed by atoms with Crippen molar-refractivity contribution < 1.29 is 0 Å². The standard InChI is InChI=1S/C12H15BrN4/c1-16-4-6-17(7-5-16)11-3-2-10(13)9-8-14-15-12(9)11/h2-3,8H,4-7H2,1H3,(H,14,15). The van der Waals surface area contributed by atoms with Crippen molar-refractivity contribution in [1.82, 2.24) is 15.1 Å². The molecule has 0 bridgehead atoms. The summed E-state index contributed by atoms with van der Waals surface area (Å²) in [4.78, 5) is 4.78. The average molecular weight is 295 g/mol. The van der Waals surface area contributed by atoms with Gasteiger partial charge < -0.3 is 9.80 Å². The lowest BCUT2D eigenvalue weighted by molar-refractivity contribution is 0.313. The summed E-state index contributed by atoms with van der Waals surface area (Å²) in [5.74, 6) is 0. The van der Waals surface area contributed by atoms with Crippen molar-refractivity contribution in [2.45, 2.75) is 0 Å². The molecule has 1 aromatic heterocycles. The molecule has 2 aromatic rings. The van der Waals surface area contributed by atoms with Crippen LogP contribution in [-0.4, -0.2) is 48.3 Å². The van der Waals surface area contributed by atoms with Gasteiger partial charge in [0.1, 0.15) is 0 Å². The van der Waals surface area contributed by atoms with E-state index < -0.39 is 0 Å². The summed E-state index contributed by atoms with van der Waals surface area (Å²) < 4.78 is 1.10. The molecule has 17 heavy (non-hydrogen) atoms. The first-order valence-electron chi connectivity index (χ1n) is 5.81. The highest BCUT2D eigenvalue weighted by atomic mass is 79.9. The Hall–Kier alpha value is -1.07. The van der Waals surface area contributed by atoms with E-state index in [1.807, 2.05) is 6.20 Å². The van der Waals surface area contributed by atoms with E-state index in [9.17, 15) is 0 Å². The van der Waals surface area contributed by atoms with E-state index in [1.165, 1.54) is 5.69 Å². The van der Waals surface area contributed by atoms with E-state index in [4.69, 9.17) is 0 Å². The molecule has 5 heteroatoms. The number of anilines is 1. The lowest BCUT2D eigenvalue weighted by Crippen LogP contribution is -2.44. The van der Waals surface area contributed by atoms with Crippen LogP contribution in [0.4, 0.5) is 5.69 Å². The lowest BCUT2D eigenvalue weighted by Gasteiger charge is -2.34. The highest BCUT2D eigenvalue weighted by molar-refractivity contribution is 9.10. The van der Waals surface area contributed by atoms with Gasteiger partial charge in [-0.05, 0) is 19.2 Å². The predicted octanol–water partition coefficient (Wildman–Crippen LogP) is 2.08.